The average molecular weight is 192 g/mol. The molecule has 1 amide bonds. The minimum absolute atomic E-state index is 0.290. The number of amides is 1. The number of rotatable bonds is 2. The van der Waals surface area contributed by atoms with Crippen molar-refractivity contribution < 1.29 is 14.3 Å². The molecule has 0 fully saturated rings. The van der Waals surface area contributed by atoms with E-state index in [1.807, 2.05) is 0 Å². The summed E-state index contributed by atoms with van der Waals surface area (Å²) in [4.78, 5) is 22.1. The molecule has 0 spiro atoms. The minimum atomic E-state index is -0.424. The summed E-state index contributed by atoms with van der Waals surface area (Å²) in [5.74, 6) is -0.715. The number of carbonyl (C=O) groups is 2. The molecule has 0 unspecified atom stereocenters. The summed E-state index contributed by atoms with van der Waals surface area (Å²) in [5, 5.41) is 2.24. The second-order valence-electron chi connectivity index (χ2n) is 2.57. The molecule has 0 heterocycles. The lowest BCUT2D eigenvalue weighted by atomic mass is 10.1. The van der Waals surface area contributed by atoms with E-state index in [-0.39, 0.29) is 5.91 Å². The Morgan fingerprint density at radius 2 is 1.71 bits per heavy atom. The van der Waals surface area contributed by atoms with Crippen LogP contribution in [0.4, 0.5) is 0 Å². The SMILES string of the molecule is [CH2]NC(=O)c1ccc(C(=O)OC)cc1. The molecule has 0 saturated carbocycles. The zero-order valence-electron chi connectivity index (χ0n) is 7.74. The Balaban J connectivity index is 2.89. The zero-order valence-corrected chi connectivity index (χ0v) is 7.74. The maximum absolute atomic E-state index is 11.1. The van der Waals surface area contributed by atoms with E-state index in [9.17, 15) is 9.59 Å². The van der Waals surface area contributed by atoms with Crippen molar-refractivity contribution in [3.63, 3.8) is 0 Å². The second-order valence-corrected chi connectivity index (χ2v) is 2.57. The van der Waals surface area contributed by atoms with Crippen molar-refractivity contribution in [3.8, 4) is 0 Å². The number of methoxy groups -OCH3 is 1. The molecule has 0 aromatic heterocycles. The van der Waals surface area contributed by atoms with Crippen LogP contribution >= 0.6 is 0 Å². The maximum Gasteiger partial charge on any atom is 0.337 e. The topological polar surface area (TPSA) is 55.4 Å². The van der Waals surface area contributed by atoms with Crippen LogP contribution in [0.1, 0.15) is 20.7 Å². The van der Waals surface area contributed by atoms with Gasteiger partial charge < -0.3 is 10.1 Å². The van der Waals surface area contributed by atoms with E-state index in [0.29, 0.717) is 11.1 Å². The number of ether oxygens (including phenoxy) is 1. The van der Waals surface area contributed by atoms with Crippen LogP contribution in [0.25, 0.3) is 0 Å². The average Bonchev–Trinajstić information content (AvgIpc) is 2.27. The quantitative estimate of drug-likeness (QED) is 0.711. The van der Waals surface area contributed by atoms with Gasteiger partial charge in [-0.15, -0.1) is 0 Å². The third-order valence-corrected chi connectivity index (χ3v) is 1.73. The van der Waals surface area contributed by atoms with Crippen LogP contribution in [0.2, 0.25) is 0 Å². The van der Waals surface area contributed by atoms with Gasteiger partial charge in [-0.25, -0.2) is 4.79 Å². The van der Waals surface area contributed by atoms with Crippen LogP contribution in [-0.2, 0) is 4.74 Å². The van der Waals surface area contributed by atoms with Crippen molar-refractivity contribution >= 4 is 11.9 Å². The van der Waals surface area contributed by atoms with Gasteiger partial charge in [-0.3, -0.25) is 4.79 Å². The van der Waals surface area contributed by atoms with Crippen molar-refractivity contribution in [1.82, 2.24) is 5.32 Å². The number of hydrogen-bond donors (Lipinski definition) is 1. The predicted octanol–water partition coefficient (Wildman–Crippen LogP) is 0.995. The standard InChI is InChI=1S/C10H10NO3/c1-11-9(12)7-3-5-8(6-4-7)10(13)14-2/h3-6H,1H2,2H3,(H,11,12). The second kappa shape index (κ2) is 4.41. The van der Waals surface area contributed by atoms with Crippen molar-refractivity contribution in [2.24, 2.45) is 0 Å². The number of hydrogen-bond acceptors (Lipinski definition) is 3. The van der Waals surface area contributed by atoms with Crippen molar-refractivity contribution in [2.45, 2.75) is 0 Å². The Hall–Kier alpha value is -1.84. The molecule has 1 rings (SSSR count). The summed E-state index contributed by atoms with van der Waals surface area (Å²) >= 11 is 0. The summed E-state index contributed by atoms with van der Waals surface area (Å²) in [6.45, 7) is 0. The van der Waals surface area contributed by atoms with Crippen molar-refractivity contribution in [1.29, 1.82) is 0 Å². The van der Waals surface area contributed by atoms with Gasteiger partial charge >= 0.3 is 5.97 Å². The van der Waals surface area contributed by atoms with E-state index in [1.54, 1.807) is 0 Å². The van der Waals surface area contributed by atoms with E-state index in [2.05, 4.69) is 17.1 Å². The van der Waals surface area contributed by atoms with Gasteiger partial charge in [0.1, 0.15) is 0 Å². The summed E-state index contributed by atoms with van der Waals surface area (Å²) in [6.07, 6.45) is 0. The molecule has 0 atom stereocenters. The lowest BCUT2D eigenvalue weighted by molar-refractivity contribution is 0.0600. The fourth-order valence-corrected chi connectivity index (χ4v) is 0.978. The first-order chi connectivity index (χ1) is 6.69. The first-order valence-corrected chi connectivity index (χ1v) is 3.95. The fraction of sp³-hybridized carbons (Fsp3) is 0.100. The van der Waals surface area contributed by atoms with Crippen LogP contribution in [0.5, 0.6) is 0 Å². The first-order valence-electron chi connectivity index (χ1n) is 3.95. The van der Waals surface area contributed by atoms with Crippen molar-refractivity contribution in [3.05, 3.63) is 42.4 Å². The molecule has 0 aliphatic heterocycles. The van der Waals surface area contributed by atoms with Gasteiger partial charge in [0, 0.05) is 12.6 Å². The molecule has 0 aliphatic rings. The molecule has 4 heteroatoms. The Kier molecular flexibility index (Phi) is 3.23. The number of esters is 1. The highest BCUT2D eigenvalue weighted by molar-refractivity contribution is 5.96. The lowest BCUT2D eigenvalue weighted by Crippen LogP contribution is -2.15. The molecular weight excluding hydrogens is 182 g/mol. The highest BCUT2D eigenvalue weighted by Gasteiger charge is 2.06. The largest absolute Gasteiger partial charge is 0.465 e. The van der Waals surface area contributed by atoms with Crippen LogP contribution in [0.3, 0.4) is 0 Å². The van der Waals surface area contributed by atoms with E-state index in [1.165, 1.54) is 31.4 Å². The van der Waals surface area contributed by atoms with Crippen molar-refractivity contribution in [2.75, 3.05) is 7.11 Å². The van der Waals surface area contributed by atoms with Gasteiger partial charge in [0.2, 0.25) is 0 Å². The smallest absolute Gasteiger partial charge is 0.337 e. The lowest BCUT2D eigenvalue weighted by Gasteiger charge is -2.01. The van der Waals surface area contributed by atoms with Gasteiger partial charge in [0.15, 0.2) is 0 Å². The molecule has 0 bridgehead atoms. The Morgan fingerprint density at radius 1 is 1.21 bits per heavy atom. The monoisotopic (exact) mass is 192 g/mol. The summed E-state index contributed by atoms with van der Waals surface area (Å²) in [7, 11) is 4.55. The highest BCUT2D eigenvalue weighted by Crippen LogP contribution is 2.05. The molecule has 73 valence electrons. The molecule has 0 saturated heterocycles. The normalized spacial score (nSPS) is 9.29. The van der Waals surface area contributed by atoms with Gasteiger partial charge in [-0.05, 0) is 24.3 Å². The number of carbonyl (C=O) groups excluding carboxylic acids is 2. The Labute approximate surface area is 81.9 Å². The number of benzene rings is 1. The first kappa shape index (κ1) is 10.2. The van der Waals surface area contributed by atoms with Crippen LogP contribution < -0.4 is 5.32 Å². The molecule has 1 aromatic rings. The van der Waals surface area contributed by atoms with E-state index >= 15 is 0 Å². The van der Waals surface area contributed by atoms with Gasteiger partial charge in [0.05, 0.1) is 12.7 Å². The fourth-order valence-electron chi connectivity index (χ4n) is 0.978. The molecular formula is C10H10NO3. The Bertz CT molecular complexity index is 308. The Morgan fingerprint density at radius 3 is 2.14 bits per heavy atom. The van der Waals surface area contributed by atoms with Gasteiger partial charge in [0.25, 0.3) is 5.91 Å². The minimum Gasteiger partial charge on any atom is -0.465 e. The van der Waals surface area contributed by atoms with E-state index < -0.39 is 5.97 Å². The number of nitrogens with one attached hydrogen (secondary N) is 1. The van der Waals surface area contributed by atoms with E-state index in [0.717, 1.165) is 0 Å². The molecule has 4 nitrogen and oxygen atoms in total. The molecule has 1 radical (unpaired) electrons. The third kappa shape index (κ3) is 2.10. The van der Waals surface area contributed by atoms with Gasteiger partial charge in [-0.2, -0.15) is 0 Å². The van der Waals surface area contributed by atoms with Crippen LogP contribution in [0.15, 0.2) is 24.3 Å². The molecule has 0 aliphatic carbocycles. The highest BCUT2D eigenvalue weighted by atomic mass is 16.5. The van der Waals surface area contributed by atoms with Crippen LogP contribution in [-0.4, -0.2) is 19.0 Å². The molecule has 1 aromatic carbocycles. The molecule has 1 N–H and O–H groups in total. The summed E-state index contributed by atoms with van der Waals surface area (Å²) in [5.41, 5.74) is 0.862. The third-order valence-electron chi connectivity index (χ3n) is 1.73. The summed E-state index contributed by atoms with van der Waals surface area (Å²) in [6, 6.07) is 6.12. The summed E-state index contributed by atoms with van der Waals surface area (Å²) < 4.78 is 4.51. The zero-order chi connectivity index (χ0) is 10.6. The predicted molar refractivity (Wildman–Crippen MR) is 50.6 cm³/mol. The molecule has 14 heavy (non-hydrogen) atoms. The van der Waals surface area contributed by atoms with E-state index in [4.69, 9.17) is 0 Å². The van der Waals surface area contributed by atoms with Crippen LogP contribution in [0, 0.1) is 7.05 Å². The maximum atomic E-state index is 11.1. The van der Waals surface area contributed by atoms with Gasteiger partial charge in [-0.1, -0.05) is 0 Å².